The number of hydrogen-bond acceptors (Lipinski definition) is 9. The summed E-state index contributed by atoms with van der Waals surface area (Å²) >= 11 is 0. The predicted molar refractivity (Wildman–Crippen MR) is 128 cm³/mol. The van der Waals surface area contributed by atoms with E-state index in [4.69, 9.17) is 29.2 Å². The van der Waals surface area contributed by atoms with Crippen LogP contribution < -0.4 is 18.9 Å². The third kappa shape index (κ3) is 8.41. The van der Waals surface area contributed by atoms with Crippen LogP contribution in [0, 0.1) is 0 Å². The highest BCUT2D eigenvalue weighted by molar-refractivity contribution is 5.97. The quantitative estimate of drug-likeness (QED) is 0.177. The number of benzene rings is 2. The Morgan fingerprint density at radius 3 is 1.29 bits per heavy atom. The molecule has 200 valence electrons. The van der Waals surface area contributed by atoms with E-state index in [0.29, 0.717) is 0 Å². The summed E-state index contributed by atoms with van der Waals surface area (Å²) in [6.45, 7) is 0. The summed E-state index contributed by atoms with van der Waals surface area (Å²) in [7, 11) is 2.57. The Balaban J connectivity index is 2.36. The van der Waals surface area contributed by atoms with Gasteiger partial charge in [0.15, 0.2) is 23.0 Å². The number of rotatable bonds is 12. The number of carboxylic acid groups (broad SMARTS) is 4. The van der Waals surface area contributed by atoms with Gasteiger partial charge in [0.05, 0.1) is 27.1 Å². The van der Waals surface area contributed by atoms with Gasteiger partial charge in [-0.05, 0) is 47.5 Å². The number of aliphatic carboxylic acids is 4. The Labute approximate surface area is 214 Å². The summed E-state index contributed by atoms with van der Waals surface area (Å²) in [5, 5.41) is 36.3. The van der Waals surface area contributed by atoms with Crippen LogP contribution >= 0.6 is 0 Å². The van der Waals surface area contributed by atoms with Crippen LogP contribution in [0.1, 0.15) is 24.0 Å². The van der Waals surface area contributed by atoms with Gasteiger partial charge in [0.1, 0.15) is 0 Å². The van der Waals surface area contributed by atoms with E-state index in [0.717, 1.165) is 12.2 Å². The fraction of sp³-hybridized carbons (Fsp3) is 0.160. The Morgan fingerprint density at radius 1 is 0.632 bits per heavy atom. The molecule has 0 saturated carbocycles. The van der Waals surface area contributed by atoms with Gasteiger partial charge in [0.25, 0.3) is 0 Å². The smallest absolute Gasteiger partial charge is 0.493 e. The second kappa shape index (κ2) is 13.1. The third-order valence-electron chi connectivity index (χ3n) is 4.68. The highest BCUT2D eigenvalue weighted by atomic mass is 16.7. The van der Waals surface area contributed by atoms with Crippen molar-refractivity contribution in [3.8, 4) is 23.0 Å². The number of carboxylic acids is 4. The number of carbonyl (C=O) groups excluding carboxylic acids is 1. The van der Waals surface area contributed by atoms with Crippen molar-refractivity contribution in [2.75, 3.05) is 14.2 Å². The van der Waals surface area contributed by atoms with E-state index >= 15 is 0 Å². The first-order chi connectivity index (χ1) is 17.9. The van der Waals surface area contributed by atoms with Gasteiger partial charge >= 0.3 is 30.0 Å². The molecule has 13 nitrogen and oxygen atoms in total. The molecule has 2 aromatic carbocycles. The second-order valence-corrected chi connectivity index (χ2v) is 7.37. The lowest BCUT2D eigenvalue weighted by Gasteiger charge is -2.12. The molecular weight excluding hydrogens is 508 g/mol. The maximum absolute atomic E-state index is 12.6. The minimum absolute atomic E-state index is 0.0672. The molecule has 0 amide bonds. The largest absolute Gasteiger partial charge is 0.519 e. The molecule has 0 saturated heterocycles. The van der Waals surface area contributed by atoms with Crippen molar-refractivity contribution in [3.63, 3.8) is 0 Å². The van der Waals surface area contributed by atoms with Crippen molar-refractivity contribution < 1.29 is 63.3 Å². The van der Waals surface area contributed by atoms with Crippen LogP contribution in [0.4, 0.5) is 4.79 Å². The summed E-state index contributed by atoms with van der Waals surface area (Å²) in [6.07, 6.45) is -0.605. The van der Waals surface area contributed by atoms with Crippen molar-refractivity contribution in [1.82, 2.24) is 0 Å². The van der Waals surface area contributed by atoms with Crippen LogP contribution in [0.2, 0.25) is 0 Å². The SMILES string of the molecule is COc1ccc(C=C(CC(=O)O)C(=O)O)cc1OC(=O)Oc1cc(C=C(CC(=O)O)C(=O)O)ccc1OC. The summed E-state index contributed by atoms with van der Waals surface area (Å²) in [4.78, 5) is 57.1. The molecule has 0 aromatic heterocycles. The fourth-order valence-corrected chi connectivity index (χ4v) is 3.03. The maximum Gasteiger partial charge on any atom is 0.519 e. The maximum atomic E-state index is 12.6. The van der Waals surface area contributed by atoms with E-state index in [9.17, 15) is 34.2 Å². The lowest BCUT2D eigenvalue weighted by molar-refractivity contribution is -0.139. The standard InChI is InChI=1S/C25H22O13/c1-35-17-5-3-13(7-15(23(30)31)11-21(26)27)9-19(17)37-25(34)38-20-10-14(4-6-18(20)36-2)8-16(24(32)33)12-22(28)29/h3-10H,11-12H2,1-2H3,(H,26,27)(H,28,29)(H,30,31)(H,32,33). The lowest BCUT2D eigenvalue weighted by Crippen LogP contribution is -2.15. The normalized spacial score (nSPS) is 11.3. The van der Waals surface area contributed by atoms with Gasteiger partial charge in [-0.1, -0.05) is 12.1 Å². The van der Waals surface area contributed by atoms with Crippen molar-refractivity contribution in [1.29, 1.82) is 0 Å². The molecule has 0 unspecified atom stereocenters. The minimum atomic E-state index is -1.44. The van der Waals surface area contributed by atoms with Gasteiger partial charge in [0.2, 0.25) is 0 Å². The topological polar surface area (TPSA) is 203 Å². The first kappa shape index (κ1) is 28.9. The highest BCUT2D eigenvalue weighted by Crippen LogP contribution is 2.32. The van der Waals surface area contributed by atoms with E-state index in [1.165, 1.54) is 50.6 Å². The van der Waals surface area contributed by atoms with Crippen LogP contribution in [-0.4, -0.2) is 64.7 Å². The van der Waals surface area contributed by atoms with Gasteiger partial charge < -0.3 is 39.4 Å². The first-order valence-electron chi connectivity index (χ1n) is 10.5. The fourth-order valence-electron chi connectivity index (χ4n) is 3.03. The Kier molecular flexibility index (Phi) is 9.97. The zero-order chi connectivity index (χ0) is 28.4. The minimum Gasteiger partial charge on any atom is -0.493 e. The summed E-state index contributed by atoms with van der Waals surface area (Å²) in [5.41, 5.74) is -0.461. The van der Waals surface area contributed by atoms with Crippen molar-refractivity contribution in [3.05, 3.63) is 58.7 Å². The van der Waals surface area contributed by atoms with Gasteiger partial charge in [0, 0.05) is 11.1 Å². The van der Waals surface area contributed by atoms with Crippen molar-refractivity contribution in [2.45, 2.75) is 12.8 Å². The zero-order valence-electron chi connectivity index (χ0n) is 20.0. The van der Waals surface area contributed by atoms with E-state index in [1.54, 1.807) is 0 Å². The van der Waals surface area contributed by atoms with Gasteiger partial charge in [-0.15, -0.1) is 0 Å². The first-order valence-corrected chi connectivity index (χ1v) is 10.5. The van der Waals surface area contributed by atoms with E-state index < -0.39 is 54.0 Å². The van der Waals surface area contributed by atoms with Crippen LogP contribution in [-0.2, 0) is 19.2 Å². The molecule has 2 rings (SSSR count). The lowest BCUT2D eigenvalue weighted by atomic mass is 10.1. The summed E-state index contributed by atoms with van der Waals surface area (Å²) in [6, 6.07) is 8.00. The van der Waals surface area contributed by atoms with Crippen molar-refractivity contribution in [2.24, 2.45) is 0 Å². The molecule has 0 fully saturated rings. The highest BCUT2D eigenvalue weighted by Gasteiger charge is 2.18. The van der Waals surface area contributed by atoms with Gasteiger partial charge in [-0.3, -0.25) is 9.59 Å². The molecule has 0 aliphatic carbocycles. The zero-order valence-corrected chi connectivity index (χ0v) is 20.0. The van der Waals surface area contributed by atoms with Crippen molar-refractivity contribution >= 4 is 42.2 Å². The second-order valence-electron chi connectivity index (χ2n) is 7.37. The van der Waals surface area contributed by atoms with E-state index in [2.05, 4.69) is 0 Å². The average molecular weight is 530 g/mol. The molecule has 0 bridgehead atoms. The third-order valence-corrected chi connectivity index (χ3v) is 4.68. The Morgan fingerprint density at radius 2 is 1.00 bits per heavy atom. The average Bonchev–Trinajstić information content (AvgIpc) is 2.83. The molecule has 13 heteroatoms. The molecule has 0 atom stereocenters. The molecule has 0 aliphatic rings. The number of carbonyl (C=O) groups is 5. The molecular formula is C25H22O13. The number of ether oxygens (including phenoxy) is 4. The summed E-state index contributed by atoms with van der Waals surface area (Å²) in [5.74, 6) is -5.82. The monoisotopic (exact) mass is 530 g/mol. The molecule has 4 N–H and O–H groups in total. The summed E-state index contributed by atoms with van der Waals surface area (Å²) < 4.78 is 20.6. The van der Waals surface area contributed by atoms with Crippen LogP contribution in [0.15, 0.2) is 47.5 Å². The molecule has 0 spiro atoms. The van der Waals surface area contributed by atoms with Crippen LogP contribution in [0.25, 0.3) is 12.2 Å². The molecule has 0 aliphatic heterocycles. The molecule has 38 heavy (non-hydrogen) atoms. The number of hydrogen-bond donors (Lipinski definition) is 4. The van der Waals surface area contributed by atoms with Crippen LogP contribution in [0.5, 0.6) is 23.0 Å². The van der Waals surface area contributed by atoms with Gasteiger partial charge in [-0.25, -0.2) is 14.4 Å². The van der Waals surface area contributed by atoms with Gasteiger partial charge in [-0.2, -0.15) is 0 Å². The van der Waals surface area contributed by atoms with Crippen LogP contribution in [0.3, 0.4) is 0 Å². The Hall–Kier alpha value is -5.33. The van der Waals surface area contributed by atoms with E-state index in [1.807, 2.05) is 0 Å². The van der Waals surface area contributed by atoms with E-state index in [-0.39, 0.29) is 34.1 Å². The molecule has 0 heterocycles. The number of methoxy groups -OCH3 is 2. The Bertz CT molecular complexity index is 1220. The predicted octanol–water partition coefficient (Wildman–Crippen LogP) is 3.17. The molecule has 0 radical (unpaired) electrons. The molecule has 2 aromatic rings.